The Morgan fingerprint density at radius 3 is 2.86 bits per heavy atom. The fourth-order valence-corrected chi connectivity index (χ4v) is 5.09. The standard InChI is InChI=1S/C15H14ClNO3S2/c1-2-9-3-4-11-12(7-9)21-14(13(11)16)15(18)17-10-5-6-22(19,20)8-10/h3-7,10H,2,8H2,1H3,(H,17,18). The maximum absolute atomic E-state index is 12.3. The second-order valence-electron chi connectivity index (χ2n) is 5.17. The third-order valence-electron chi connectivity index (χ3n) is 3.55. The fourth-order valence-electron chi connectivity index (χ4n) is 2.38. The summed E-state index contributed by atoms with van der Waals surface area (Å²) in [6, 6.07) is 5.45. The molecular formula is C15H14ClNO3S2. The van der Waals surface area contributed by atoms with E-state index in [1.165, 1.54) is 23.0 Å². The van der Waals surface area contributed by atoms with Crippen LogP contribution in [0.3, 0.4) is 0 Å². The van der Waals surface area contributed by atoms with E-state index in [1.54, 1.807) is 0 Å². The fraction of sp³-hybridized carbons (Fsp3) is 0.267. The van der Waals surface area contributed by atoms with Crippen molar-refractivity contribution in [2.24, 2.45) is 0 Å². The van der Waals surface area contributed by atoms with E-state index in [-0.39, 0.29) is 11.7 Å². The lowest BCUT2D eigenvalue weighted by Gasteiger charge is -2.08. The summed E-state index contributed by atoms with van der Waals surface area (Å²) >= 11 is 7.63. The van der Waals surface area contributed by atoms with Crippen molar-refractivity contribution < 1.29 is 13.2 Å². The van der Waals surface area contributed by atoms with Gasteiger partial charge in [0.1, 0.15) is 4.88 Å². The molecule has 1 amide bonds. The number of thiophene rings is 1. The van der Waals surface area contributed by atoms with Gasteiger partial charge in [-0.05, 0) is 24.1 Å². The molecule has 0 saturated heterocycles. The second kappa shape index (κ2) is 5.68. The maximum atomic E-state index is 12.3. The molecule has 0 saturated carbocycles. The van der Waals surface area contributed by atoms with Gasteiger partial charge in [0.25, 0.3) is 5.91 Å². The summed E-state index contributed by atoms with van der Waals surface area (Å²) in [5.41, 5.74) is 1.18. The van der Waals surface area contributed by atoms with Crippen LogP contribution in [0, 0.1) is 0 Å². The molecule has 1 aromatic heterocycles. The minimum Gasteiger partial charge on any atom is -0.344 e. The monoisotopic (exact) mass is 355 g/mol. The minimum atomic E-state index is -3.19. The van der Waals surface area contributed by atoms with Crippen LogP contribution >= 0.6 is 22.9 Å². The predicted octanol–water partition coefficient (Wildman–Crippen LogP) is 3.16. The Hall–Kier alpha value is -1.37. The zero-order valence-electron chi connectivity index (χ0n) is 11.8. The number of rotatable bonds is 3. The van der Waals surface area contributed by atoms with Crippen LogP contribution in [0.1, 0.15) is 22.2 Å². The molecule has 0 fully saturated rings. The van der Waals surface area contributed by atoms with Gasteiger partial charge in [-0.15, -0.1) is 11.3 Å². The van der Waals surface area contributed by atoms with Gasteiger partial charge < -0.3 is 5.32 Å². The smallest absolute Gasteiger partial charge is 0.263 e. The van der Waals surface area contributed by atoms with Crippen molar-refractivity contribution in [3.05, 3.63) is 45.1 Å². The SMILES string of the molecule is CCc1ccc2c(Cl)c(C(=O)NC3C=CS(=O)(=O)C3)sc2c1. The average Bonchev–Trinajstić information content (AvgIpc) is 2.98. The van der Waals surface area contributed by atoms with E-state index in [4.69, 9.17) is 11.6 Å². The highest BCUT2D eigenvalue weighted by Crippen LogP contribution is 2.36. The molecular weight excluding hydrogens is 342 g/mol. The molecule has 4 nitrogen and oxygen atoms in total. The summed E-state index contributed by atoms with van der Waals surface area (Å²) in [6.45, 7) is 2.07. The van der Waals surface area contributed by atoms with Crippen molar-refractivity contribution in [1.29, 1.82) is 0 Å². The van der Waals surface area contributed by atoms with Crippen molar-refractivity contribution in [3.8, 4) is 0 Å². The molecule has 0 aliphatic carbocycles. The maximum Gasteiger partial charge on any atom is 0.263 e. The quantitative estimate of drug-likeness (QED) is 0.919. The number of amides is 1. The molecule has 1 aromatic carbocycles. The normalized spacial score (nSPS) is 19.6. The van der Waals surface area contributed by atoms with Crippen LogP contribution in [-0.4, -0.2) is 26.1 Å². The van der Waals surface area contributed by atoms with Gasteiger partial charge in [0.2, 0.25) is 0 Å². The van der Waals surface area contributed by atoms with Crippen molar-refractivity contribution in [2.45, 2.75) is 19.4 Å². The topological polar surface area (TPSA) is 63.2 Å². The van der Waals surface area contributed by atoms with Crippen molar-refractivity contribution in [2.75, 3.05) is 5.75 Å². The number of hydrogen-bond acceptors (Lipinski definition) is 4. The molecule has 2 heterocycles. The van der Waals surface area contributed by atoms with Gasteiger partial charge in [0.15, 0.2) is 9.84 Å². The number of carbonyl (C=O) groups excluding carboxylic acids is 1. The zero-order valence-corrected chi connectivity index (χ0v) is 14.2. The van der Waals surface area contributed by atoms with Crippen LogP contribution < -0.4 is 5.32 Å². The lowest BCUT2D eigenvalue weighted by atomic mass is 10.1. The molecule has 116 valence electrons. The first-order chi connectivity index (χ1) is 10.4. The molecule has 0 bridgehead atoms. The summed E-state index contributed by atoms with van der Waals surface area (Å²) < 4.78 is 23.7. The number of fused-ring (bicyclic) bond motifs is 1. The van der Waals surface area contributed by atoms with Crippen LogP contribution in [-0.2, 0) is 16.3 Å². The van der Waals surface area contributed by atoms with Crippen LogP contribution in [0.4, 0.5) is 0 Å². The number of carbonyl (C=O) groups is 1. The van der Waals surface area contributed by atoms with E-state index in [0.29, 0.717) is 9.90 Å². The Kier molecular flexibility index (Phi) is 4.01. The van der Waals surface area contributed by atoms with E-state index >= 15 is 0 Å². The summed E-state index contributed by atoms with van der Waals surface area (Å²) in [5.74, 6) is -0.433. The molecule has 0 spiro atoms. The molecule has 22 heavy (non-hydrogen) atoms. The highest BCUT2D eigenvalue weighted by molar-refractivity contribution is 7.94. The number of aryl methyl sites for hydroxylation is 1. The highest BCUT2D eigenvalue weighted by atomic mass is 35.5. The highest BCUT2D eigenvalue weighted by Gasteiger charge is 2.25. The number of nitrogens with one attached hydrogen (secondary N) is 1. The van der Waals surface area contributed by atoms with Gasteiger partial charge in [0, 0.05) is 15.5 Å². The Bertz CT molecular complexity index is 884. The number of hydrogen-bond donors (Lipinski definition) is 1. The Morgan fingerprint density at radius 1 is 1.45 bits per heavy atom. The Balaban J connectivity index is 1.88. The van der Waals surface area contributed by atoms with Crippen molar-refractivity contribution in [3.63, 3.8) is 0 Å². The minimum absolute atomic E-state index is 0.0960. The van der Waals surface area contributed by atoms with E-state index < -0.39 is 15.9 Å². The van der Waals surface area contributed by atoms with Gasteiger partial charge >= 0.3 is 0 Å². The Morgan fingerprint density at radius 2 is 2.23 bits per heavy atom. The van der Waals surface area contributed by atoms with Gasteiger partial charge in [-0.25, -0.2) is 8.42 Å². The van der Waals surface area contributed by atoms with Crippen LogP contribution in [0.15, 0.2) is 29.7 Å². The summed E-state index contributed by atoms with van der Waals surface area (Å²) in [6.07, 6.45) is 2.40. The molecule has 2 aromatic rings. The third-order valence-corrected chi connectivity index (χ3v) is 6.61. The molecule has 1 aliphatic rings. The van der Waals surface area contributed by atoms with Gasteiger partial charge in [-0.3, -0.25) is 4.79 Å². The molecule has 1 N–H and O–H groups in total. The molecule has 1 unspecified atom stereocenters. The average molecular weight is 356 g/mol. The van der Waals surface area contributed by atoms with Crippen LogP contribution in [0.5, 0.6) is 0 Å². The summed E-state index contributed by atoms with van der Waals surface area (Å²) in [5, 5.41) is 5.11. The van der Waals surface area contributed by atoms with E-state index in [9.17, 15) is 13.2 Å². The number of sulfone groups is 1. The predicted molar refractivity (Wildman–Crippen MR) is 90.4 cm³/mol. The molecule has 1 atom stereocenters. The summed E-state index contributed by atoms with van der Waals surface area (Å²) in [4.78, 5) is 12.8. The van der Waals surface area contributed by atoms with Crippen molar-refractivity contribution in [1.82, 2.24) is 5.32 Å². The van der Waals surface area contributed by atoms with Crippen molar-refractivity contribution >= 4 is 48.8 Å². The third kappa shape index (κ3) is 2.91. The molecule has 3 rings (SSSR count). The van der Waals surface area contributed by atoms with E-state index in [0.717, 1.165) is 21.9 Å². The first-order valence-corrected chi connectivity index (χ1v) is 9.73. The van der Waals surface area contributed by atoms with Crippen LogP contribution in [0.25, 0.3) is 10.1 Å². The zero-order chi connectivity index (χ0) is 15.9. The molecule has 7 heteroatoms. The van der Waals surface area contributed by atoms with Gasteiger partial charge in [-0.2, -0.15) is 0 Å². The van der Waals surface area contributed by atoms with Gasteiger partial charge in [0.05, 0.1) is 16.8 Å². The van der Waals surface area contributed by atoms with Gasteiger partial charge in [-0.1, -0.05) is 30.7 Å². The Labute approximate surface area is 137 Å². The van der Waals surface area contributed by atoms with E-state index in [1.807, 2.05) is 18.2 Å². The summed E-state index contributed by atoms with van der Waals surface area (Å²) in [7, 11) is -3.19. The lowest BCUT2D eigenvalue weighted by Crippen LogP contribution is -2.35. The second-order valence-corrected chi connectivity index (χ2v) is 8.53. The first-order valence-electron chi connectivity index (χ1n) is 6.82. The first kappa shape index (κ1) is 15.5. The van der Waals surface area contributed by atoms with Crippen LogP contribution in [0.2, 0.25) is 5.02 Å². The molecule has 0 radical (unpaired) electrons. The largest absolute Gasteiger partial charge is 0.344 e. The lowest BCUT2D eigenvalue weighted by molar-refractivity contribution is 0.0952. The van der Waals surface area contributed by atoms with E-state index in [2.05, 4.69) is 12.2 Å². The number of halogens is 1. The molecule has 1 aliphatic heterocycles. The number of benzene rings is 1.